The van der Waals surface area contributed by atoms with E-state index in [2.05, 4.69) is 6.07 Å². The molecular weight excluding hydrogens is 256 g/mol. The summed E-state index contributed by atoms with van der Waals surface area (Å²) in [5, 5.41) is 10.3. The molecule has 0 unspecified atom stereocenters. The van der Waals surface area contributed by atoms with E-state index in [0.29, 0.717) is 17.0 Å². The van der Waals surface area contributed by atoms with Gasteiger partial charge >= 0.3 is 0 Å². The van der Waals surface area contributed by atoms with Crippen molar-refractivity contribution in [1.29, 1.82) is 5.26 Å². The molecule has 1 aliphatic carbocycles. The summed E-state index contributed by atoms with van der Waals surface area (Å²) in [7, 11) is 0. The van der Waals surface area contributed by atoms with Crippen LogP contribution in [0.15, 0.2) is 12.1 Å². The Morgan fingerprint density at radius 3 is 2.68 bits per heavy atom. The van der Waals surface area contributed by atoms with Crippen molar-refractivity contribution in [2.24, 2.45) is 0 Å². The van der Waals surface area contributed by atoms with E-state index >= 15 is 0 Å². The second-order valence-corrected chi connectivity index (χ2v) is 6.10. The van der Waals surface area contributed by atoms with Crippen LogP contribution in [0.4, 0.5) is 0 Å². The first-order valence-electron chi connectivity index (χ1n) is 6.34. The van der Waals surface area contributed by atoms with Crippen LogP contribution in [-0.4, -0.2) is 10.9 Å². The van der Waals surface area contributed by atoms with Gasteiger partial charge in [-0.3, -0.25) is 4.79 Å². The molecule has 3 nitrogen and oxygen atoms in total. The average Bonchev–Trinajstić information content (AvgIpc) is 3.10. The van der Waals surface area contributed by atoms with E-state index in [4.69, 9.17) is 0 Å². The van der Waals surface area contributed by atoms with Crippen LogP contribution in [0, 0.1) is 25.2 Å². The Hall–Kier alpha value is -1.86. The lowest BCUT2D eigenvalue weighted by molar-refractivity contribution is 0.112. The minimum Gasteiger partial charge on any atom is -0.308 e. The molecule has 1 saturated carbocycles. The number of aromatic nitrogens is 1. The Labute approximate surface area is 116 Å². The number of thiophene rings is 1. The number of hydrogen-bond acceptors (Lipinski definition) is 3. The summed E-state index contributed by atoms with van der Waals surface area (Å²) in [6.07, 6.45) is 3.34. The lowest BCUT2D eigenvalue weighted by Crippen LogP contribution is -1.98. The van der Waals surface area contributed by atoms with Gasteiger partial charge in [0.05, 0.1) is 5.56 Å². The van der Waals surface area contributed by atoms with Crippen molar-refractivity contribution in [2.75, 3.05) is 0 Å². The van der Waals surface area contributed by atoms with Crippen molar-refractivity contribution in [1.82, 2.24) is 4.57 Å². The maximum atomic E-state index is 11.0. The molecule has 96 valence electrons. The van der Waals surface area contributed by atoms with E-state index in [9.17, 15) is 10.1 Å². The standard InChI is InChI=1S/C15H14N2OS/c1-9-5-13(8-18)10(2)17(9)15-12(7-16)6-14(19-15)11-3-4-11/h5-6,8,11H,3-4H2,1-2H3. The highest BCUT2D eigenvalue weighted by Gasteiger charge is 2.27. The van der Waals surface area contributed by atoms with Gasteiger partial charge in [-0.15, -0.1) is 11.3 Å². The summed E-state index contributed by atoms with van der Waals surface area (Å²) in [4.78, 5) is 12.3. The van der Waals surface area contributed by atoms with Crippen LogP contribution in [0.5, 0.6) is 0 Å². The maximum absolute atomic E-state index is 11.0. The molecule has 0 aliphatic heterocycles. The van der Waals surface area contributed by atoms with Gasteiger partial charge in [0.1, 0.15) is 11.1 Å². The number of nitriles is 1. The topological polar surface area (TPSA) is 45.8 Å². The van der Waals surface area contributed by atoms with Gasteiger partial charge in [-0.2, -0.15) is 5.26 Å². The lowest BCUT2D eigenvalue weighted by Gasteiger charge is -2.07. The summed E-state index contributed by atoms with van der Waals surface area (Å²) in [6, 6.07) is 6.17. The Morgan fingerprint density at radius 2 is 2.16 bits per heavy atom. The minimum absolute atomic E-state index is 0.646. The first kappa shape index (κ1) is 12.2. The highest BCUT2D eigenvalue weighted by atomic mass is 32.1. The van der Waals surface area contributed by atoms with Crippen molar-refractivity contribution in [2.45, 2.75) is 32.6 Å². The van der Waals surface area contributed by atoms with Crippen LogP contribution < -0.4 is 0 Å². The Kier molecular flexibility index (Phi) is 2.79. The van der Waals surface area contributed by atoms with Crippen LogP contribution in [0.2, 0.25) is 0 Å². The summed E-state index contributed by atoms with van der Waals surface area (Å²) in [5.74, 6) is 0.646. The third-order valence-electron chi connectivity index (χ3n) is 3.63. The van der Waals surface area contributed by atoms with Gasteiger partial charge in [-0.1, -0.05) is 0 Å². The number of nitrogens with zero attached hydrogens (tertiary/aromatic N) is 2. The SMILES string of the molecule is Cc1cc(C=O)c(C)n1-c1sc(C2CC2)cc1C#N. The van der Waals surface area contributed by atoms with E-state index in [1.54, 1.807) is 11.3 Å². The van der Waals surface area contributed by atoms with Gasteiger partial charge in [0.15, 0.2) is 6.29 Å². The van der Waals surface area contributed by atoms with Gasteiger partial charge < -0.3 is 4.57 Å². The number of aryl methyl sites for hydroxylation is 1. The normalized spacial score (nSPS) is 14.4. The molecule has 3 rings (SSSR count). The van der Waals surface area contributed by atoms with Crippen molar-refractivity contribution < 1.29 is 4.79 Å². The van der Waals surface area contributed by atoms with Crippen molar-refractivity contribution >= 4 is 17.6 Å². The molecule has 0 N–H and O–H groups in total. The zero-order valence-corrected chi connectivity index (χ0v) is 11.8. The van der Waals surface area contributed by atoms with Gasteiger partial charge in [0.2, 0.25) is 0 Å². The van der Waals surface area contributed by atoms with Crippen LogP contribution in [-0.2, 0) is 0 Å². The molecule has 4 heteroatoms. The molecule has 0 spiro atoms. The van der Waals surface area contributed by atoms with E-state index in [0.717, 1.165) is 22.7 Å². The van der Waals surface area contributed by atoms with Gasteiger partial charge in [0, 0.05) is 21.8 Å². The molecule has 0 radical (unpaired) electrons. The number of hydrogen-bond donors (Lipinski definition) is 0. The smallest absolute Gasteiger partial charge is 0.151 e. The summed E-state index contributed by atoms with van der Waals surface area (Å²) in [6.45, 7) is 3.89. The molecule has 0 atom stereocenters. The first-order chi connectivity index (χ1) is 9.15. The summed E-state index contributed by atoms with van der Waals surface area (Å²) in [5.41, 5.74) is 3.32. The molecule has 2 aromatic rings. The Morgan fingerprint density at radius 1 is 1.42 bits per heavy atom. The molecule has 1 aliphatic rings. The summed E-state index contributed by atoms with van der Waals surface area (Å²) < 4.78 is 2.03. The lowest BCUT2D eigenvalue weighted by atomic mass is 10.2. The second kappa shape index (κ2) is 4.36. The zero-order valence-electron chi connectivity index (χ0n) is 10.9. The quantitative estimate of drug-likeness (QED) is 0.798. The monoisotopic (exact) mass is 270 g/mol. The maximum Gasteiger partial charge on any atom is 0.151 e. The minimum atomic E-state index is 0.646. The number of carbonyl (C=O) groups is 1. The predicted molar refractivity (Wildman–Crippen MR) is 75.2 cm³/mol. The molecule has 0 saturated heterocycles. The number of rotatable bonds is 3. The Bertz CT molecular complexity index is 699. The zero-order chi connectivity index (χ0) is 13.6. The molecule has 2 aromatic heterocycles. The Balaban J connectivity index is 2.18. The van der Waals surface area contributed by atoms with E-state index in [1.165, 1.54) is 17.7 Å². The fourth-order valence-corrected chi connectivity index (χ4v) is 3.82. The fraction of sp³-hybridized carbons (Fsp3) is 0.333. The largest absolute Gasteiger partial charge is 0.308 e. The molecule has 19 heavy (non-hydrogen) atoms. The molecule has 0 aromatic carbocycles. The first-order valence-corrected chi connectivity index (χ1v) is 7.15. The predicted octanol–water partition coefficient (Wildman–Crippen LogP) is 3.72. The molecule has 2 heterocycles. The van der Waals surface area contributed by atoms with Crippen LogP contribution in [0.3, 0.4) is 0 Å². The highest BCUT2D eigenvalue weighted by Crippen LogP contribution is 2.45. The summed E-state index contributed by atoms with van der Waals surface area (Å²) >= 11 is 1.68. The fourth-order valence-electron chi connectivity index (χ4n) is 2.43. The van der Waals surface area contributed by atoms with Gasteiger partial charge in [0.25, 0.3) is 0 Å². The van der Waals surface area contributed by atoms with E-state index in [1.807, 2.05) is 30.5 Å². The molecule has 0 bridgehead atoms. The van der Waals surface area contributed by atoms with Gasteiger partial charge in [-0.05, 0) is 44.7 Å². The second-order valence-electron chi connectivity index (χ2n) is 5.03. The van der Waals surface area contributed by atoms with Crippen LogP contribution in [0.1, 0.15) is 50.9 Å². The van der Waals surface area contributed by atoms with Crippen LogP contribution in [0.25, 0.3) is 5.00 Å². The number of aldehydes is 1. The van der Waals surface area contributed by atoms with Crippen molar-refractivity contribution in [3.05, 3.63) is 39.5 Å². The average molecular weight is 270 g/mol. The highest BCUT2D eigenvalue weighted by molar-refractivity contribution is 7.14. The third kappa shape index (κ3) is 1.91. The van der Waals surface area contributed by atoms with E-state index < -0.39 is 0 Å². The van der Waals surface area contributed by atoms with Crippen molar-refractivity contribution in [3.8, 4) is 11.1 Å². The molecular formula is C15H14N2OS. The number of carbonyl (C=O) groups excluding carboxylic acids is 1. The molecule has 1 fully saturated rings. The molecule has 0 amide bonds. The van der Waals surface area contributed by atoms with E-state index in [-0.39, 0.29) is 0 Å². The van der Waals surface area contributed by atoms with Crippen LogP contribution >= 0.6 is 11.3 Å². The third-order valence-corrected chi connectivity index (χ3v) is 4.91. The van der Waals surface area contributed by atoms with Gasteiger partial charge in [-0.25, -0.2) is 0 Å². The van der Waals surface area contributed by atoms with Crippen molar-refractivity contribution in [3.63, 3.8) is 0 Å².